The van der Waals surface area contributed by atoms with Crippen molar-refractivity contribution >= 4 is 15.9 Å². The number of benzene rings is 2. The van der Waals surface area contributed by atoms with E-state index in [4.69, 9.17) is 4.74 Å². The number of hydrogen-bond acceptors (Lipinski definition) is 4. The first-order valence-corrected chi connectivity index (χ1v) is 13.4. The van der Waals surface area contributed by atoms with Gasteiger partial charge in [-0.3, -0.25) is 4.79 Å². The molecule has 0 aliphatic carbocycles. The molecule has 178 valence electrons. The van der Waals surface area contributed by atoms with Crippen LogP contribution in [0.2, 0.25) is 0 Å². The summed E-state index contributed by atoms with van der Waals surface area (Å²) in [6, 6.07) is 13.2. The van der Waals surface area contributed by atoms with Crippen LogP contribution in [0, 0.1) is 19.8 Å². The van der Waals surface area contributed by atoms with Crippen LogP contribution in [0.3, 0.4) is 0 Å². The van der Waals surface area contributed by atoms with Crippen LogP contribution in [0.4, 0.5) is 0 Å². The molecule has 0 N–H and O–H groups in total. The molecule has 7 heteroatoms. The van der Waals surface area contributed by atoms with E-state index in [9.17, 15) is 13.2 Å². The maximum Gasteiger partial charge on any atom is 0.243 e. The number of aryl methyl sites for hydroxylation is 2. The topological polar surface area (TPSA) is 66.9 Å². The number of likely N-dealkylation sites (tertiary alicyclic amines) is 1. The van der Waals surface area contributed by atoms with Gasteiger partial charge in [-0.1, -0.05) is 18.2 Å². The molecule has 2 aromatic carbocycles. The number of carbonyl (C=O) groups excluding carboxylic acids is 1. The Morgan fingerprint density at radius 3 is 2.30 bits per heavy atom. The van der Waals surface area contributed by atoms with Crippen molar-refractivity contribution in [2.24, 2.45) is 5.92 Å². The summed E-state index contributed by atoms with van der Waals surface area (Å²) in [6.07, 6.45) is 3.12. The summed E-state index contributed by atoms with van der Waals surface area (Å²) in [4.78, 5) is 15.7. The molecule has 0 aromatic heterocycles. The van der Waals surface area contributed by atoms with E-state index in [0.717, 1.165) is 19.4 Å². The highest BCUT2D eigenvalue weighted by molar-refractivity contribution is 7.89. The van der Waals surface area contributed by atoms with Crippen molar-refractivity contribution in [3.05, 3.63) is 59.2 Å². The molecule has 33 heavy (non-hydrogen) atoms. The summed E-state index contributed by atoms with van der Waals surface area (Å²) >= 11 is 0. The van der Waals surface area contributed by atoms with E-state index >= 15 is 0 Å². The lowest BCUT2D eigenvalue weighted by atomic mass is 9.94. The monoisotopic (exact) mass is 470 g/mol. The third-order valence-corrected chi connectivity index (χ3v) is 8.94. The van der Waals surface area contributed by atoms with Crippen molar-refractivity contribution in [2.45, 2.75) is 57.4 Å². The molecule has 0 bridgehead atoms. The first-order chi connectivity index (χ1) is 15.8. The summed E-state index contributed by atoms with van der Waals surface area (Å²) in [5.74, 6) is 0.711. The van der Waals surface area contributed by atoms with E-state index in [1.807, 2.05) is 11.8 Å². The molecular formula is C26H34N2O4S. The zero-order valence-electron chi connectivity index (χ0n) is 19.8. The Hall–Kier alpha value is -2.38. The zero-order valence-corrected chi connectivity index (χ0v) is 20.6. The first-order valence-electron chi connectivity index (χ1n) is 11.9. The summed E-state index contributed by atoms with van der Waals surface area (Å²) in [6.45, 7) is 8.16. The normalized spacial score (nSPS) is 20.2. The molecule has 1 atom stereocenters. The third kappa shape index (κ3) is 4.94. The van der Waals surface area contributed by atoms with Gasteiger partial charge >= 0.3 is 0 Å². The van der Waals surface area contributed by atoms with E-state index in [0.29, 0.717) is 38.3 Å². The van der Waals surface area contributed by atoms with Crippen LogP contribution in [0.25, 0.3) is 0 Å². The molecule has 0 spiro atoms. The van der Waals surface area contributed by atoms with Gasteiger partial charge in [-0.2, -0.15) is 4.31 Å². The lowest BCUT2D eigenvalue weighted by Crippen LogP contribution is -2.44. The molecule has 2 saturated heterocycles. The Labute approximate surface area is 197 Å². The maximum atomic E-state index is 13.4. The molecule has 4 rings (SSSR count). The Bertz CT molecular complexity index is 1090. The van der Waals surface area contributed by atoms with Crippen molar-refractivity contribution in [2.75, 3.05) is 26.2 Å². The predicted molar refractivity (Wildman–Crippen MR) is 129 cm³/mol. The number of sulfonamides is 1. The minimum absolute atomic E-state index is 0.121. The van der Waals surface area contributed by atoms with Crippen LogP contribution >= 0.6 is 0 Å². The molecule has 2 aliphatic heterocycles. The predicted octanol–water partition coefficient (Wildman–Crippen LogP) is 4.47. The summed E-state index contributed by atoms with van der Waals surface area (Å²) < 4.78 is 33.1. The van der Waals surface area contributed by atoms with E-state index < -0.39 is 10.0 Å². The van der Waals surface area contributed by atoms with Gasteiger partial charge in [-0.05, 0) is 87.4 Å². The molecule has 0 radical (unpaired) electrons. The van der Waals surface area contributed by atoms with Crippen molar-refractivity contribution in [1.82, 2.24) is 9.21 Å². The van der Waals surface area contributed by atoms with Crippen molar-refractivity contribution in [3.8, 4) is 5.75 Å². The number of piperidine rings is 1. The third-order valence-electron chi connectivity index (χ3n) is 7.03. The van der Waals surface area contributed by atoms with Gasteiger partial charge in [-0.15, -0.1) is 0 Å². The minimum atomic E-state index is -3.57. The second-order valence-corrected chi connectivity index (χ2v) is 11.1. The number of hydrogen-bond donors (Lipinski definition) is 0. The van der Waals surface area contributed by atoms with Gasteiger partial charge in [0, 0.05) is 25.6 Å². The van der Waals surface area contributed by atoms with Crippen LogP contribution in [-0.4, -0.2) is 49.8 Å². The highest BCUT2D eigenvalue weighted by Crippen LogP contribution is 2.36. The molecule has 2 fully saturated rings. The van der Waals surface area contributed by atoms with Crippen LogP contribution < -0.4 is 4.74 Å². The second kappa shape index (κ2) is 9.85. The molecular weight excluding hydrogens is 436 g/mol. The highest BCUT2D eigenvalue weighted by Gasteiger charge is 2.37. The van der Waals surface area contributed by atoms with Gasteiger partial charge in [0.15, 0.2) is 0 Å². The number of ether oxygens (including phenoxy) is 1. The average Bonchev–Trinajstić information content (AvgIpc) is 3.31. The fourth-order valence-electron chi connectivity index (χ4n) is 4.95. The van der Waals surface area contributed by atoms with Crippen molar-refractivity contribution < 1.29 is 17.9 Å². The van der Waals surface area contributed by atoms with Gasteiger partial charge < -0.3 is 9.64 Å². The highest BCUT2D eigenvalue weighted by atomic mass is 32.2. The van der Waals surface area contributed by atoms with Crippen molar-refractivity contribution in [1.29, 1.82) is 0 Å². The zero-order chi connectivity index (χ0) is 23.6. The van der Waals surface area contributed by atoms with Gasteiger partial charge in [0.25, 0.3) is 0 Å². The molecule has 6 nitrogen and oxygen atoms in total. The number of nitrogens with zero attached hydrogens (tertiary/aromatic N) is 2. The largest absolute Gasteiger partial charge is 0.494 e. The van der Waals surface area contributed by atoms with Crippen LogP contribution in [0.1, 0.15) is 55.3 Å². The van der Waals surface area contributed by atoms with Crippen LogP contribution in [0.15, 0.2) is 47.4 Å². The molecule has 2 heterocycles. The standard InChI is InChI=1S/C26H34N2O4S/c1-4-32-23-9-11-24(12-10-23)33(30,31)27-16-13-21(14-17-27)26(29)28-15-5-6-25(28)22-8-7-19(2)20(3)18-22/h7-12,18,21,25H,4-6,13-17H2,1-3H3. The lowest BCUT2D eigenvalue weighted by molar-refractivity contribution is -0.137. The van der Waals surface area contributed by atoms with E-state index in [2.05, 4.69) is 32.0 Å². The molecule has 1 amide bonds. The molecule has 2 aromatic rings. The van der Waals surface area contributed by atoms with E-state index in [1.54, 1.807) is 24.3 Å². The molecule has 1 unspecified atom stereocenters. The summed E-state index contributed by atoms with van der Waals surface area (Å²) in [5.41, 5.74) is 3.72. The SMILES string of the molecule is CCOc1ccc(S(=O)(=O)N2CCC(C(=O)N3CCCC3c3ccc(C)c(C)c3)CC2)cc1. The average molecular weight is 471 g/mol. The Balaban J connectivity index is 1.40. The summed E-state index contributed by atoms with van der Waals surface area (Å²) in [5, 5.41) is 0. The van der Waals surface area contributed by atoms with E-state index in [1.165, 1.54) is 21.0 Å². The maximum absolute atomic E-state index is 13.4. The number of carbonyl (C=O) groups is 1. The summed E-state index contributed by atoms with van der Waals surface area (Å²) in [7, 11) is -3.57. The Morgan fingerprint density at radius 1 is 0.970 bits per heavy atom. The Morgan fingerprint density at radius 2 is 1.67 bits per heavy atom. The molecule has 0 saturated carbocycles. The smallest absolute Gasteiger partial charge is 0.243 e. The first kappa shape index (κ1) is 23.8. The molecule has 2 aliphatic rings. The number of rotatable bonds is 6. The number of amides is 1. The van der Waals surface area contributed by atoms with Crippen LogP contribution in [-0.2, 0) is 14.8 Å². The minimum Gasteiger partial charge on any atom is -0.494 e. The van der Waals surface area contributed by atoms with Gasteiger partial charge in [0.05, 0.1) is 17.5 Å². The second-order valence-electron chi connectivity index (χ2n) is 9.12. The van der Waals surface area contributed by atoms with Crippen molar-refractivity contribution in [3.63, 3.8) is 0 Å². The van der Waals surface area contributed by atoms with Crippen LogP contribution in [0.5, 0.6) is 5.75 Å². The lowest BCUT2D eigenvalue weighted by Gasteiger charge is -2.34. The van der Waals surface area contributed by atoms with Gasteiger partial charge in [0.1, 0.15) is 5.75 Å². The van der Waals surface area contributed by atoms with E-state index in [-0.39, 0.29) is 22.8 Å². The fourth-order valence-corrected chi connectivity index (χ4v) is 6.42. The van der Waals surface area contributed by atoms with Gasteiger partial charge in [-0.25, -0.2) is 8.42 Å². The van der Waals surface area contributed by atoms with Gasteiger partial charge in [0.2, 0.25) is 15.9 Å². The Kier molecular flexibility index (Phi) is 7.10. The fraction of sp³-hybridized carbons (Fsp3) is 0.500. The quantitative estimate of drug-likeness (QED) is 0.625.